The van der Waals surface area contributed by atoms with Gasteiger partial charge in [-0.3, -0.25) is 9.78 Å². The van der Waals surface area contributed by atoms with E-state index >= 15 is 0 Å². The van der Waals surface area contributed by atoms with Crippen LogP contribution in [-0.4, -0.2) is 39.6 Å². The highest BCUT2D eigenvalue weighted by molar-refractivity contribution is 6.00. The van der Waals surface area contributed by atoms with Crippen LogP contribution in [0.1, 0.15) is 38.3 Å². The second kappa shape index (κ2) is 7.04. The number of carbonyl (C=O) groups excluding carboxylic acids is 1. The number of carbonyl (C=O) groups is 1. The molecule has 0 spiro atoms. The van der Waals surface area contributed by atoms with Crippen LogP contribution >= 0.6 is 0 Å². The highest BCUT2D eigenvalue weighted by Gasteiger charge is 2.41. The van der Waals surface area contributed by atoms with E-state index in [0.717, 1.165) is 34.5 Å². The summed E-state index contributed by atoms with van der Waals surface area (Å²) in [6.07, 6.45) is 4.84. The largest absolute Gasteiger partial charge is 0.378 e. The minimum absolute atomic E-state index is 0.0846. The lowest BCUT2D eigenvalue weighted by Crippen LogP contribution is -2.36. The number of hydrogen-bond acceptors (Lipinski definition) is 6. The molecule has 2 aliphatic rings. The van der Waals surface area contributed by atoms with Crippen LogP contribution in [0.5, 0.6) is 0 Å². The number of allylic oxidation sites excluding steroid dienone is 2. The van der Waals surface area contributed by atoms with Crippen LogP contribution in [0.25, 0.3) is 11.4 Å². The van der Waals surface area contributed by atoms with Crippen LogP contribution in [-0.2, 0) is 4.79 Å². The van der Waals surface area contributed by atoms with Crippen molar-refractivity contribution in [2.45, 2.75) is 32.7 Å². The molecule has 0 amide bonds. The van der Waals surface area contributed by atoms with Gasteiger partial charge in [0.2, 0.25) is 5.95 Å². The molecule has 1 aliphatic carbocycles. The summed E-state index contributed by atoms with van der Waals surface area (Å²) in [6.45, 7) is 4.27. The number of aromatic nitrogens is 4. The third kappa shape index (κ3) is 3.40. The van der Waals surface area contributed by atoms with Crippen molar-refractivity contribution >= 4 is 17.4 Å². The molecule has 0 radical (unpaired) electrons. The molecule has 0 saturated carbocycles. The van der Waals surface area contributed by atoms with E-state index < -0.39 is 0 Å². The van der Waals surface area contributed by atoms with Gasteiger partial charge in [0.25, 0.3) is 0 Å². The van der Waals surface area contributed by atoms with Crippen LogP contribution in [0.3, 0.4) is 0 Å². The van der Waals surface area contributed by atoms with E-state index in [0.29, 0.717) is 18.2 Å². The Balaban J connectivity index is 1.62. The minimum atomic E-state index is -0.305. The summed E-state index contributed by atoms with van der Waals surface area (Å²) >= 11 is 0. The van der Waals surface area contributed by atoms with E-state index in [9.17, 15) is 4.79 Å². The van der Waals surface area contributed by atoms with E-state index in [1.807, 2.05) is 43.0 Å². The first-order valence-electron chi connectivity index (χ1n) is 10.5. The number of ketones is 1. The Kier molecular flexibility index (Phi) is 4.43. The molecule has 0 saturated heterocycles. The van der Waals surface area contributed by atoms with Crippen LogP contribution in [0, 0.1) is 5.41 Å². The van der Waals surface area contributed by atoms with E-state index in [4.69, 9.17) is 10.1 Å². The van der Waals surface area contributed by atoms with Gasteiger partial charge in [0, 0.05) is 55.4 Å². The predicted molar refractivity (Wildman–Crippen MR) is 121 cm³/mol. The Morgan fingerprint density at radius 2 is 1.77 bits per heavy atom. The molecule has 1 atom stereocenters. The van der Waals surface area contributed by atoms with Gasteiger partial charge in [0.15, 0.2) is 11.6 Å². The molecule has 3 aromatic rings. The van der Waals surface area contributed by atoms with Crippen molar-refractivity contribution in [2.24, 2.45) is 5.41 Å². The molecule has 7 heteroatoms. The SMILES string of the molecule is CN(C)c1ccc(-c2nc3n(n2)[C@H](c2ccncc2)C2=C(CC(C)(C)CC2=O)N3)cc1. The third-order valence-corrected chi connectivity index (χ3v) is 6.00. The molecule has 7 nitrogen and oxygen atoms in total. The van der Waals surface area contributed by atoms with Gasteiger partial charge in [0.1, 0.15) is 6.04 Å². The standard InChI is InChI=1S/C24H26N6O/c1-24(2)13-18-20(19(31)14-24)21(15-9-11-25-12-10-15)30-23(26-18)27-22(28-30)16-5-7-17(8-6-16)29(3)4/h5-12,21H,13-14H2,1-4H3,(H,26,27,28)/t21-/m1/s1. The molecule has 31 heavy (non-hydrogen) atoms. The maximum Gasteiger partial charge on any atom is 0.226 e. The zero-order valence-electron chi connectivity index (χ0n) is 18.3. The average Bonchev–Trinajstić information content (AvgIpc) is 3.15. The lowest BCUT2D eigenvalue weighted by Gasteiger charge is -2.38. The maximum absolute atomic E-state index is 13.2. The Hall–Kier alpha value is -3.48. The van der Waals surface area contributed by atoms with Crippen molar-refractivity contribution in [3.63, 3.8) is 0 Å². The lowest BCUT2D eigenvalue weighted by atomic mass is 9.73. The Morgan fingerprint density at radius 1 is 1.06 bits per heavy atom. The number of pyridine rings is 1. The molecule has 0 fully saturated rings. The van der Waals surface area contributed by atoms with Crippen LogP contribution in [0.2, 0.25) is 0 Å². The molecular weight excluding hydrogens is 388 g/mol. The summed E-state index contributed by atoms with van der Waals surface area (Å²) in [6, 6.07) is 11.8. The molecule has 158 valence electrons. The Labute approximate surface area is 181 Å². The second-order valence-electron chi connectivity index (χ2n) is 9.29. The van der Waals surface area contributed by atoms with Gasteiger partial charge in [-0.05, 0) is 53.8 Å². The molecule has 2 aromatic heterocycles. The molecule has 5 rings (SSSR count). The monoisotopic (exact) mass is 414 g/mol. The fourth-order valence-corrected chi connectivity index (χ4v) is 4.49. The molecule has 1 N–H and O–H groups in total. The zero-order chi connectivity index (χ0) is 21.8. The highest BCUT2D eigenvalue weighted by atomic mass is 16.1. The number of anilines is 2. The van der Waals surface area contributed by atoms with Crippen LogP contribution < -0.4 is 10.2 Å². The first-order valence-corrected chi connectivity index (χ1v) is 10.5. The number of Topliss-reactive ketones (excluding diaryl/α,β-unsaturated/α-hetero) is 1. The van der Waals surface area contributed by atoms with Gasteiger partial charge in [0.05, 0.1) is 0 Å². The molecule has 1 aliphatic heterocycles. The number of benzene rings is 1. The molecule has 1 aromatic carbocycles. The number of rotatable bonds is 3. The molecule has 0 unspecified atom stereocenters. The van der Waals surface area contributed by atoms with Crippen molar-refractivity contribution in [3.05, 3.63) is 65.6 Å². The number of fused-ring (bicyclic) bond motifs is 1. The van der Waals surface area contributed by atoms with Gasteiger partial charge in [-0.2, -0.15) is 4.98 Å². The number of nitrogens with zero attached hydrogens (tertiary/aromatic N) is 5. The zero-order valence-corrected chi connectivity index (χ0v) is 18.3. The van der Waals surface area contributed by atoms with E-state index in [1.54, 1.807) is 12.4 Å². The third-order valence-electron chi connectivity index (χ3n) is 6.00. The Morgan fingerprint density at radius 3 is 2.45 bits per heavy atom. The van der Waals surface area contributed by atoms with Crippen LogP contribution in [0.15, 0.2) is 60.1 Å². The average molecular weight is 415 g/mol. The minimum Gasteiger partial charge on any atom is -0.378 e. The smallest absolute Gasteiger partial charge is 0.226 e. The number of hydrogen-bond donors (Lipinski definition) is 1. The van der Waals surface area contributed by atoms with Gasteiger partial charge < -0.3 is 10.2 Å². The van der Waals surface area contributed by atoms with Gasteiger partial charge in [-0.15, -0.1) is 5.10 Å². The summed E-state index contributed by atoms with van der Waals surface area (Å²) < 4.78 is 1.85. The second-order valence-corrected chi connectivity index (χ2v) is 9.29. The van der Waals surface area contributed by atoms with Crippen molar-refractivity contribution in [1.82, 2.24) is 19.7 Å². The molecule has 3 heterocycles. The van der Waals surface area contributed by atoms with E-state index in [2.05, 4.69) is 41.2 Å². The van der Waals surface area contributed by atoms with E-state index in [-0.39, 0.29) is 17.2 Å². The predicted octanol–water partition coefficient (Wildman–Crippen LogP) is 4.06. The highest BCUT2D eigenvalue weighted by Crippen LogP contribution is 2.45. The van der Waals surface area contributed by atoms with Crippen LogP contribution in [0.4, 0.5) is 11.6 Å². The Bertz CT molecular complexity index is 1170. The molecular formula is C24H26N6O. The van der Waals surface area contributed by atoms with Gasteiger partial charge >= 0.3 is 0 Å². The lowest BCUT2D eigenvalue weighted by molar-refractivity contribution is -0.118. The summed E-state index contributed by atoms with van der Waals surface area (Å²) in [7, 11) is 4.03. The summed E-state index contributed by atoms with van der Waals surface area (Å²) in [4.78, 5) is 24.2. The van der Waals surface area contributed by atoms with Crippen molar-refractivity contribution in [3.8, 4) is 11.4 Å². The first kappa shape index (κ1) is 19.5. The topological polar surface area (TPSA) is 75.9 Å². The quantitative estimate of drug-likeness (QED) is 0.696. The molecule has 0 bridgehead atoms. The summed E-state index contributed by atoms with van der Waals surface area (Å²) in [5.41, 5.74) is 4.70. The maximum atomic E-state index is 13.2. The van der Waals surface area contributed by atoms with E-state index in [1.165, 1.54) is 0 Å². The number of nitrogens with one attached hydrogen (secondary N) is 1. The fraction of sp³-hybridized carbons (Fsp3) is 0.333. The van der Waals surface area contributed by atoms with Crippen molar-refractivity contribution in [1.29, 1.82) is 0 Å². The van der Waals surface area contributed by atoms with Gasteiger partial charge in [-0.25, -0.2) is 4.68 Å². The normalized spacial score (nSPS) is 19.5. The first-order chi connectivity index (χ1) is 14.8. The fourth-order valence-electron chi connectivity index (χ4n) is 4.49. The summed E-state index contributed by atoms with van der Waals surface area (Å²) in [5.74, 6) is 1.47. The van der Waals surface area contributed by atoms with Crippen molar-refractivity contribution < 1.29 is 4.79 Å². The van der Waals surface area contributed by atoms with Gasteiger partial charge in [-0.1, -0.05) is 13.8 Å². The summed E-state index contributed by atoms with van der Waals surface area (Å²) in [5, 5.41) is 8.27. The van der Waals surface area contributed by atoms with Crippen molar-refractivity contribution in [2.75, 3.05) is 24.3 Å².